The van der Waals surface area contributed by atoms with Gasteiger partial charge in [-0.1, -0.05) is 69.1 Å². The van der Waals surface area contributed by atoms with Gasteiger partial charge in [0.1, 0.15) is 5.54 Å². The Morgan fingerprint density at radius 2 is 1.88 bits per heavy atom. The van der Waals surface area contributed by atoms with Crippen LogP contribution in [0.1, 0.15) is 45.6 Å². The van der Waals surface area contributed by atoms with Crippen molar-refractivity contribution in [1.29, 1.82) is 0 Å². The van der Waals surface area contributed by atoms with Gasteiger partial charge < -0.3 is 0 Å². The van der Waals surface area contributed by atoms with Gasteiger partial charge in [0.15, 0.2) is 0 Å². The highest BCUT2D eigenvalue weighted by Gasteiger charge is 2.36. The minimum Gasteiger partial charge on any atom is -0.150 e. The zero-order valence-electron chi connectivity index (χ0n) is 10.4. The molecule has 2 nitrogen and oxygen atoms in total. The minimum absolute atomic E-state index is 0.235. The Kier molecular flexibility index (Phi) is 4.66. The summed E-state index contributed by atoms with van der Waals surface area (Å²) < 4.78 is 0. The zero-order valence-corrected chi connectivity index (χ0v) is 10.4. The average Bonchev–Trinajstić information content (AvgIpc) is 2.31. The lowest BCUT2D eigenvalue weighted by molar-refractivity contribution is 0.286. The zero-order chi connectivity index (χ0) is 12.0. The maximum Gasteiger partial charge on any atom is 0.130 e. The average molecular weight is 219 g/mol. The van der Waals surface area contributed by atoms with Crippen LogP contribution in [0.3, 0.4) is 0 Å². The summed E-state index contributed by atoms with van der Waals surface area (Å²) >= 11 is 0. The van der Waals surface area contributed by atoms with Gasteiger partial charge in [0.2, 0.25) is 0 Å². The first kappa shape index (κ1) is 12.9. The molecule has 0 bridgehead atoms. The van der Waals surface area contributed by atoms with E-state index in [1.165, 1.54) is 0 Å². The Morgan fingerprint density at radius 1 is 1.25 bits per heavy atom. The van der Waals surface area contributed by atoms with Crippen molar-refractivity contribution < 1.29 is 0 Å². The van der Waals surface area contributed by atoms with E-state index in [1.54, 1.807) is 0 Å². The van der Waals surface area contributed by atoms with E-state index in [1.807, 2.05) is 30.3 Å². The van der Waals surface area contributed by atoms with Crippen LogP contribution in [0.4, 0.5) is 0 Å². The molecule has 0 N–H and O–H groups in total. The van der Waals surface area contributed by atoms with Crippen LogP contribution in [0.5, 0.6) is 0 Å². The molecule has 1 unspecified atom stereocenters. The normalized spacial score (nSPS) is 14.8. The molecule has 0 saturated heterocycles. The van der Waals surface area contributed by atoms with Crippen LogP contribution >= 0.6 is 0 Å². The van der Waals surface area contributed by atoms with Crippen LogP contribution in [-0.2, 0) is 5.54 Å². The summed E-state index contributed by atoms with van der Waals surface area (Å²) in [5.74, 6) is 0.235. The molecule has 0 aromatic heterocycles. The standard InChI is InChI=1S/C14H21NO/c1-4-5-11-14(15-16,12(2)3)13-9-7-6-8-10-13/h6-10,12H,4-5,11H2,1-3H3. The molecule has 0 amide bonds. The van der Waals surface area contributed by atoms with Gasteiger partial charge in [-0.15, -0.1) is 4.91 Å². The number of benzene rings is 1. The van der Waals surface area contributed by atoms with Gasteiger partial charge in [0.25, 0.3) is 0 Å². The molecule has 1 rings (SSSR count). The molecule has 88 valence electrons. The highest BCUT2D eigenvalue weighted by molar-refractivity contribution is 5.25. The SMILES string of the molecule is CCCCC(N=O)(c1ccccc1)C(C)C. The predicted molar refractivity (Wildman–Crippen MR) is 68.3 cm³/mol. The molecule has 0 radical (unpaired) electrons. The third-order valence-corrected chi connectivity index (χ3v) is 3.30. The molecule has 0 aliphatic heterocycles. The van der Waals surface area contributed by atoms with E-state index in [4.69, 9.17) is 0 Å². The lowest BCUT2D eigenvalue weighted by Gasteiger charge is -2.30. The van der Waals surface area contributed by atoms with Crippen molar-refractivity contribution in [2.75, 3.05) is 0 Å². The van der Waals surface area contributed by atoms with Crippen molar-refractivity contribution in [1.82, 2.24) is 0 Å². The number of nitroso groups, excluding NO2 is 1. The molecular formula is C14H21NO. The molecule has 2 heteroatoms. The van der Waals surface area contributed by atoms with Crippen LogP contribution in [-0.4, -0.2) is 0 Å². The quantitative estimate of drug-likeness (QED) is 0.648. The molecule has 0 aliphatic carbocycles. The molecule has 1 atom stereocenters. The van der Waals surface area contributed by atoms with Crippen molar-refractivity contribution in [3.8, 4) is 0 Å². The molecule has 0 heterocycles. The van der Waals surface area contributed by atoms with Crippen molar-refractivity contribution in [2.45, 2.75) is 45.6 Å². The van der Waals surface area contributed by atoms with Crippen molar-refractivity contribution in [3.63, 3.8) is 0 Å². The summed E-state index contributed by atoms with van der Waals surface area (Å²) in [6, 6.07) is 9.94. The van der Waals surface area contributed by atoms with E-state index < -0.39 is 5.54 Å². The van der Waals surface area contributed by atoms with Crippen molar-refractivity contribution in [3.05, 3.63) is 40.8 Å². The Bertz CT molecular complexity index is 321. The molecular weight excluding hydrogens is 198 g/mol. The lowest BCUT2D eigenvalue weighted by atomic mass is 9.77. The van der Waals surface area contributed by atoms with Crippen LogP contribution in [0.15, 0.2) is 35.5 Å². The monoisotopic (exact) mass is 219 g/mol. The molecule has 16 heavy (non-hydrogen) atoms. The Labute approximate surface area is 98.0 Å². The van der Waals surface area contributed by atoms with E-state index in [0.717, 1.165) is 24.8 Å². The van der Waals surface area contributed by atoms with Crippen molar-refractivity contribution in [2.24, 2.45) is 11.1 Å². The Balaban J connectivity index is 3.07. The fraction of sp³-hybridized carbons (Fsp3) is 0.571. The fourth-order valence-corrected chi connectivity index (χ4v) is 2.14. The first-order valence-electron chi connectivity index (χ1n) is 6.07. The number of nitrogens with zero attached hydrogens (tertiary/aromatic N) is 1. The molecule has 1 aromatic rings. The van der Waals surface area contributed by atoms with E-state index in [-0.39, 0.29) is 5.92 Å². The molecule has 0 aliphatic rings. The predicted octanol–water partition coefficient (Wildman–Crippen LogP) is 4.49. The third-order valence-electron chi connectivity index (χ3n) is 3.30. The highest BCUT2D eigenvalue weighted by Crippen LogP contribution is 2.38. The maximum atomic E-state index is 11.3. The van der Waals surface area contributed by atoms with Gasteiger partial charge in [-0.05, 0) is 17.9 Å². The second-order valence-electron chi connectivity index (χ2n) is 4.64. The summed E-state index contributed by atoms with van der Waals surface area (Å²) in [5.41, 5.74) is 0.505. The molecule has 0 fully saturated rings. The lowest BCUT2D eigenvalue weighted by Crippen LogP contribution is -2.29. The van der Waals surface area contributed by atoms with E-state index in [0.29, 0.717) is 0 Å². The number of hydrogen-bond donors (Lipinski definition) is 0. The largest absolute Gasteiger partial charge is 0.150 e. The van der Waals surface area contributed by atoms with Crippen LogP contribution in [0.25, 0.3) is 0 Å². The first-order valence-corrected chi connectivity index (χ1v) is 6.07. The summed E-state index contributed by atoms with van der Waals surface area (Å²) in [6.45, 7) is 6.29. The second kappa shape index (κ2) is 5.78. The van der Waals surface area contributed by atoms with Crippen LogP contribution in [0, 0.1) is 10.8 Å². The third kappa shape index (κ3) is 2.49. The Hall–Kier alpha value is -1.18. The summed E-state index contributed by atoms with van der Waals surface area (Å²) in [5, 5.41) is 3.48. The molecule has 0 spiro atoms. The van der Waals surface area contributed by atoms with Gasteiger partial charge in [-0.3, -0.25) is 0 Å². The molecule has 0 saturated carbocycles. The van der Waals surface area contributed by atoms with Crippen LogP contribution < -0.4 is 0 Å². The summed E-state index contributed by atoms with van der Waals surface area (Å²) in [4.78, 5) is 11.3. The highest BCUT2D eigenvalue weighted by atomic mass is 16.3. The Morgan fingerprint density at radius 3 is 2.31 bits per heavy atom. The number of unbranched alkanes of at least 4 members (excludes halogenated alkanes) is 1. The van der Waals surface area contributed by atoms with Gasteiger partial charge in [0.05, 0.1) is 0 Å². The summed E-state index contributed by atoms with van der Waals surface area (Å²) in [6.07, 6.45) is 2.98. The maximum absolute atomic E-state index is 11.3. The summed E-state index contributed by atoms with van der Waals surface area (Å²) in [7, 11) is 0. The van der Waals surface area contributed by atoms with Gasteiger partial charge >= 0.3 is 0 Å². The first-order chi connectivity index (χ1) is 7.67. The van der Waals surface area contributed by atoms with Gasteiger partial charge in [0, 0.05) is 0 Å². The van der Waals surface area contributed by atoms with E-state index >= 15 is 0 Å². The van der Waals surface area contributed by atoms with Crippen molar-refractivity contribution >= 4 is 0 Å². The number of rotatable bonds is 6. The second-order valence-corrected chi connectivity index (χ2v) is 4.64. The smallest absolute Gasteiger partial charge is 0.130 e. The minimum atomic E-state index is -0.544. The van der Waals surface area contributed by atoms with E-state index in [9.17, 15) is 4.91 Å². The number of hydrogen-bond acceptors (Lipinski definition) is 2. The topological polar surface area (TPSA) is 29.4 Å². The van der Waals surface area contributed by atoms with Gasteiger partial charge in [-0.2, -0.15) is 0 Å². The fourth-order valence-electron chi connectivity index (χ4n) is 2.14. The molecule has 1 aromatic carbocycles. The van der Waals surface area contributed by atoms with Crippen LogP contribution in [0.2, 0.25) is 0 Å². The van der Waals surface area contributed by atoms with E-state index in [2.05, 4.69) is 25.9 Å². The van der Waals surface area contributed by atoms with Gasteiger partial charge in [-0.25, -0.2) is 0 Å².